The molecule has 0 unspecified atom stereocenters. The fraction of sp³-hybridized carbons (Fsp3) is 0.300. The van der Waals surface area contributed by atoms with Gasteiger partial charge in [-0.1, -0.05) is 61.8 Å². The van der Waals surface area contributed by atoms with Crippen molar-refractivity contribution in [3.05, 3.63) is 94.5 Å². The standard InChI is InChI=1S/C30H32ClN3O3/c1-19(2)27(30(37)34-15-13-21(14-16-34)20-9-11-26(31)12-10-20)33-29(36)25-8-4-6-23(18-25)22-5-3-7-24(17-22)28(32)35/h3-12,17-19,21,27H,13-16H2,1-2H3,(H2,32,35)(H,33,36)/t27-/m1/s1. The number of nitrogens with one attached hydrogen (secondary N) is 1. The lowest BCUT2D eigenvalue weighted by Crippen LogP contribution is -2.52. The Morgan fingerprint density at radius 2 is 1.46 bits per heavy atom. The van der Waals surface area contributed by atoms with E-state index in [1.165, 1.54) is 5.56 Å². The van der Waals surface area contributed by atoms with Gasteiger partial charge in [-0.05, 0) is 77.8 Å². The molecule has 3 N–H and O–H groups in total. The zero-order chi connectivity index (χ0) is 26.5. The second-order valence-electron chi connectivity index (χ2n) is 9.87. The molecule has 3 aromatic rings. The molecule has 0 saturated carbocycles. The molecule has 7 heteroatoms. The predicted molar refractivity (Wildman–Crippen MR) is 146 cm³/mol. The van der Waals surface area contributed by atoms with E-state index in [1.807, 2.05) is 43.0 Å². The Balaban J connectivity index is 1.43. The third kappa shape index (κ3) is 6.38. The number of amides is 3. The van der Waals surface area contributed by atoms with Crippen LogP contribution in [-0.4, -0.2) is 41.8 Å². The van der Waals surface area contributed by atoms with E-state index in [9.17, 15) is 14.4 Å². The highest BCUT2D eigenvalue weighted by molar-refractivity contribution is 6.30. The Hall–Kier alpha value is -3.64. The molecule has 1 aliphatic rings. The van der Waals surface area contributed by atoms with E-state index in [0.29, 0.717) is 30.1 Å². The summed E-state index contributed by atoms with van der Waals surface area (Å²) in [6.45, 7) is 5.18. The monoisotopic (exact) mass is 517 g/mol. The second-order valence-corrected chi connectivity index (χ2v) is 10.3. The first-order valence-corrected chi connectivity index (χ1v) is 13.0. The molecule has 1 aliphatic heterocycles. The van der Waals surface area contributed by atoms with Gasteiger partial charge in [0.1, 0.15) is 6.04 Å². The Kier molecular flexibility index (Phi) is 8.29. The van der Waals surface area contributed by atoms with Crippen molar-refractivity contribution in [2.45, 2.75) is 38.6 Å². The maximum atomic E-state index is 13.4. The minimum absolute atomic E-state index is 0.0526. The predicted octanol–water partition coefficient (Wildman–Crippen LogP) is 5.27. The first kappa shape index (κ1) is 26.4. The third-order valence-electron chi connectivity index (χ3n) is 6.97. The largest absolute Gasteiger partial charge is 0.366 e. The van der Waals surface area contributed by atoms with Gasteiger partial charge < -0.3 is 16.0 Å². The highest BCUT2D eigenvalue weighted by atomic mass is 35.5. The summed E-state index contributed by atoms with van der Waals surface area (Å²) in [5.41, 5.74) is 9.07. The van der Waals surface area contributed by atoms with E-state index in [-0.39, 0.29) is 17.7 Å². The van der Waals surface area contributed by atoms with Crippen LogP contribution in [0.25, 0.3) is 11.1 Å². The fourth-order valence-electron chi connectivity index (χ4n) is 4.79. The highest BCUT2D eigenvalue weighted by Gasteiger charge is 2.31. The highest BCUT2D eigenvalue weighted by Crippen LogP contribution is 2.29. The first-order chi connectivity index (χ1) is 17.7. The molecule has 1 heterocycles. The van der Waals surface area contributed by atoms with Crippen molar-refractivity contribution in [2.75, 3.05) is 13.1 Å². The van der Waals surface area contributed by atoms with Crippen molar-refractivity contribution in [3.8, 4) is 11.1 Å². The van der Waals surface area contributed by atoms with Gasteiger partial charge in [-0.15, -0.1) is 0 Å². The molecular weight excluding hydrogens is 486 g/mol. The summed E-state index contributed by atoms with van der Waals surface area (Å²) in [5, 5.41) is 3.69. The number of nitrogens with zero attached hydrogens (tertiary/aromatic N) is 1. The first-order valence-electron chi connectivity index (χ1n) is 12.6. The lowest BCUT2D eigenvalue weighted by molar-refractivity contribution is -0.135. The summed E-state index contributed by atoms with van der Waals surface area (Å²) in [6, 6.07) is 21.4. The molecule has 0 spiro atoms. The van der Waals surface area contributed by atoms with Gasteiger partial charge in [0.15, 0.2) is 0 Å². The van der Waals surface area contributed by atoms with Crippen molar-refractivity contribution >= 4 is 29.3 Å². The Morgan fingerprint density at radius 1 is 0.892 bits per heavy atom. The van der Waals surface area contributed by atoms with Crippen molar-refractivity contribution in [2.24, 2.45) is 11.7 Å². The Bertz CT molecular complexity index is 1280. The average Bonchev–Trinajstić information content (AvgIpc) is 2.91. The molecule has 3 amide bonds. The van der Waals surface area contributed by atoms with Crippen LogP contribution in [0.1, 0.15) is 58.9 Å². The molecule has 37 heavy (non-hydrogen) atoms. The van der Waals surface area contributed by atoms with Crippen molar-refractivity contribution < 1.29 is 14.4 Å². The minimum Gasteiger partial charge on any atom is -0.366 e. The fourth-order valence-corrected chi connectivity index (χ4v) is 4.92. The van der Waals surface area contributed by atoms with E-state index in [2.05, 4.69) is 17.4 Å². The van der Waals surface area contributed by atoms with Crippen LogP contribution < -0.4 is 11.1 Å². The van der Waals surface area contributed by atoms with E-state index in [1.54, 1.807) is 36.4 Å². The van der Waals surface area contributed by atoms with Crippen LogP contribution in [0, 0.1) is 5.92 Å². The van der Waals surface area contributed by atoms with Crippen LogP contribution in [0.3, 0.4) is 0 Å². The van der Waals surface area contributed by atoms with Gasteiger partial charge in [0.2, 0.25) is 11.8 Å². The molecule has 192 valence electrons. The van der Waals surface area contributed by atoms with Gasteiger partial charge in [-0.2, -0.15) is 0 Å². The molecule has 3 aromatic carbocycles. The number of piperidine rings is 1. The number of benzene rings is 3. The summed E-state index contributed by atoms with van der Waals surface area (Å²) < 4.78 is 0. The molecule has 0 aliphatic carbocycles. The number of likely N-dealkylation sites (tertiary alicyclic amines) is 1. The molecule has 0 bridgehead atoms. The number of carbonyl (C=O) groups is 3. The zero-order valence-electron chi connectivity index (χ0n) is 21.1. The zero-order valence-corrected chi connectivity index (χ0v) is 21.9. The van der Waals surface area contributed by atoms with Crippen LogP contribution in [-0.2, 0) is 4.79 Å². The molecule has 4 rings (SSSR count). The smallest absolute Gasteiger partial charge is 0.251 e. The van der Waals surface area contributed by atoms with Crippen molar-refractivity contribution in [1.82, 2.24) is 10.2 Å². The Morgan fingerprint density at radius 3 is 2.03 bits per heavy atom. The van der Waals surface area contributed by atoms with E-state index < -0.39 is 11.9 Å². The number of hydrogen-bond donors (Lipinski definition) is 2. The normalized spacial score (nSPS) is 14.9. The Labute approximate surface area is 222 Å². The average molecular weight is 518 g/mol. The maximum absolute atomic E-state index is 13.4. The molecule has 1 saturated heterocycles. The summed E-state index contributed by atoms with van der Waals surface area (Å²) in [6.07, 6.45) is 1.75. The molecule has 6 nitrogen and oxygen atoms in total. The number of hydrogen-bond acceptors (Lipinski definition) is 3. The van der Waals surface area contributed by atoms with Crippen LogP contribution in [0.5, 0.6) is 0 Å². The molecule has 1 atom stereocenters. The van der Waals surface area contributed by atoms with Gasteiger partial charge in [-0.25, -0.2) is 0 Å². The van der Waals surface area contributed by atoms with Gasteiger partial charge in [0.25, 0.3) is 5.91 Å². The quantitative estimate of drug-likeness (QED) is 0.447. The van der Waals surface area contributed by atoms with Crippen LogP contribution in [0.4, 0.5) is 0 Å². The molecule has 0 radical (unpaired) electrons. The van der Waals surface area contributed by atoms with Crippen molar-refractivity contribution in [1.29, 1.82) is 0 Å². The molecular formula is C30H32ClN3O3. The van der Waals surface area contributed by atoms with Crippen LogP contribution in [0.2, 0.25) is 5.02 Å². The summed E-state index contributed by atoms with van der Waals surface area (Å²) in [7, 11) is 0. The van der Waals surface area contributed by atoms with E-state index in [0.717, 1.165) is 29.0 Å². The summed E-state index contributed by atoms with van der Waals surface area (Å²) >= 11 is 6.02. The lowest BCUT2D eigenvalue weighted by Gasteiger charge is -2.35. The third-order valence-corrected chi connectivity index (χ3v) is 7.22. The minimum atomic E-state index is -0.624. The number of halogens is 1. The summed E-state index contributed by atoms with van der Waals surface area (Å²) in [5.74, 6) is -0.546. The maximum Gasteiger partial charge on any atom is 0.251 e. The van der Waals surface area contributed by atoms with E-state index in [4.69, 9.17) is 17.3 Å². The van der Waals surface area contributed by atoms with Crippen molar-refractivity contribution in [3.63, 3.8) is 0 Å². The van der Waals surface area contributed by atoms with Gasteiger partial charge in [0, 0.05) is 29.2 Å². The van der Waals surface area contributed by atoms with Crippen LogP contribution >= 0.6 is 11.6 Å². The van der Waals surface area contributed by atoms with Crippen LogP contribution in [0.15, 0.2) is 72.8 Å². The van der Waals surface area contributed by atoms with Gasteiger partial charge >= 0.3 is 0 Å². The van der Waals surface area contributed by atoms with E-state index >= 15 is 0 Å². The molecule has 0 aromatic heterocycles. The molecule has 1 fully saturated rings. The lowest BCUT2D eigenvalue weighted by atomic mass is 9.89. The SMILES string of the molecule is CC(C)[C@@H](NC(=O)c1cccc(-c2cccc(C(N)=O)c2)c1)C(=O)N1CCC(c2ccc(Cl)cc2)CC1. The number of carbonyl (C=O) groups excluding carboxylic acids is 3. The topological polar surface area (TPSA) is 92.5 Å². The number of primary amides is 1. The second kappa shape index (κ2) is 11.6. The van der Waals surface area contributed by atoms with Gasteiger partial charge in [-0.3, -0.25) is 14.4 Å². The number of rotatable bonds is 7. The summed E-state index contributed by atoms with van der Waals surface area (Å²) in [4.78, 5) is 40.1. The number of nitrogens with two attached hydrogens (primary N) is 1. The van der Waals surface area contributed by atoms with Gasteiger partial charge in [0.05, 0.1) is 0 Å².